The van der Waals surface area contributed by atoms with E-state index in [2.05, 4.69) is 5.32 Å². The first-order valence-electron chi connectivity index (χ1n) is 7.41. The summed E-state index contributed by atoms with van der Waals surface area (Å²) in [6, 6.07) is 7.11. The fourth-order valence-electron chi connectivity index (χ4n) is 2.36. The van der Waals surface area contributed by atoms with Crippen LogP contribution in [0.5, 0.6) is 11.5 Å². The molecule has 0 unspecified atom stereocenters. The van der Waals surface area contributed by atoms with Crippen molar-refractivity contribution in [3.63, 3.8) is 0 Å². The third kappa shape index (κ3) is 4.47. The van der Waals surface area contributed by atoms with Crippen molar-refractivity contribution in [3.05, 3.63) is 29.3 Å². The molecule has 1 fully saturated rings. The van der Waals surface area contributed by atoms with Crippen LogP contribution in [0.4, 0.5) is 0 Å². The average Bonchev–Trinajstić information content (AvgIpc) is 3.10. The molecule has 0 bridgehead atoms. The molecule has 2 rings (SSSR count). The monoisotopic (exact) mass is 316 g/mol. The minimum atomic E-state index is -0.423. The third-order valence-corrected chi connectivity index (χ3v) is 3.62. The van der Waals surface area contributed by atoms with Crippen LogP contribution in [0, 0.1) is 11.3 Å². The van der Waals surface area contributed by atoms with E-state index in [-0.39, 0.29) is 11.7 Å². The Labute approximate surface area is 135 Å². The van der Waals surface area contributed by atoms with Gasteiger partial charge in [-0.25, -0.2) is 0 Å². The van der Waals surface area contributed by atoms with Crippen molar-refractivity contribution in [1.82, 2.24) is 5.32 Å². The van der Waals surface area contributed by atoms with Gasteiger partial charge < -0.3 is 19.5 Å². The molecule has 1 atom stereocenters. The van der Waals surface area contributed by atoms with Gasteiger partial charge in [-0.1, -0.05) is 0 Å². The maximum absolute atomic E-state index is 12.2. The standard InChI is InChI=1S/C17H20N2O4/c1-21-14-5-6-16(22-2)12(9-14)8-13(10-18)17(20)19-11-15-4-3-7-23-15/h5-6,8-9,15H,3-4,7,11H2,1-2H3,(H,19,20)/b13-8+/t15-/m1/s1. The van der Waals surface area contributed by atoms with Crippen LogP contribution in [-0.2, 0) is 9.53 Å². The summed E-state index contributed by atoms with van der Waals surface area (Å²) >= 11 is 0. The average molecular weight is 316 g/mol. The molecular formula is C17H20N2O4. The minimum Gasteiger partial charge on any atom is -0.497 e. The molecule has 23 heavy (non-hydrogen) atoms. The molecule has 1 saturated heterocycles. The number of carbonyl (C=O) groups excluding carboxylic acids is 1. The van der Waals surface area contributed by atoms with Crippen molar-refractivity contribution in [1.29, 1.82) is 5.26 Å². The fourth-order valence-corrected chi connectivity index (χ4v) is 2.36. The van der Waals surface area contributed by atoms with Gasteiger partial charge in [-0.2, -0.15) is 5.26 Å². The van der Waals surface area contributed by atoms with Gasteiger partial charge in [0.2, 0.25) is 0 Å². The predicted molar refractivity (Wildman–Crippen MR) is 85.1 cm³/mol. The lowest BCUT2D eigenvalue weighted by molar-refractivity contribution is -0.117. The Hall–Kier alpha value is -2.52. The first-order chi connectivity index (χ1) is 11.2. The number of ether oxygens (including phenoxy) is 3. The summed E-state index contributed by atoms with van der Waals surface area (Å²) in [4.78, 5) is 12.2. The van der Waals surface area contributed by atoms with Crippen molar-refractivity contribution in [3.8, 4) is 17.6 Å². The van der Waals surface area contributed by atoms with E-state index >= 15 is 0 Å². The van der Waals surface area contributed by atoms with Crippen LogP contribution in [0.1, 0.15) is 18.4 Å². The molecule has 1 aromatic rings. The molecule has 1 aliphatic heterocycles. The highest BCUT2D eigenvalue weighted by molar-refractivity contribution is 6.02. The summed E-state index contributed by atoms with van der Waals surface area (Å²) < 4.78 is 15.9. The number of hydrogen-bond acceptors (Lipinski definition) is 5. The van der Waals surface area contributed by atoms with Crippen LogP contribution in [0.25, 0.3) is 6.08 Å². The SMILES string of the molecule is COc1ccc(OC)c(/C=C(\C#N)C(=O)NC[C@H]2CCCO2)c1. The summed E-state index contributed by atoms with van der Waals surface area (Å²) in [5, 5.41) is 12.0. The Balaban J connectivity index is 2.13. The summed E-state index contributed by atoms with van der Waals surface area (Å²) in [6.07, 6.45) is 3.45. The smallest absolute Gasteiger partial charge is 0.262 e. The second kappa shape index (κ2) is 8.20. The zero-order valence-electron chi connectivity index (χ0n) is 13.3. The molecule has 0 radical (unpaired) electrons. The van der Waals surface area contributed by atoms with E-state index in [0.29, 0.717) is 23.6 Å². The van der Waals surface area contributed by atoms with Gasteiger partial charge in [0.1, 0.15) is 23.1 Å². The molecule has 0 spiro atoms. The molecule has 1 N–H and O–H groups in total. The maximum atomic E-state index is 12.2. The number of nitrogens with one attached hydrogen (secondary N) is 1. The lowest BCUT2D eigenvalue weighted by Crippen LogP contribution is -2.32. The summed E-state index contributed by atoms with van der Waals surface area (Å²) in [7, 11) is 3.08. The predicted octanol–water partition coefficient (Wildman–Crippen LogP) is 1.91. The summed E-state index contributed by atoms with van der Waals surface area (Å²) in [5.41, 5.74) is 0.616. The molecular weight excluding hydrogens is 296 g/mol. The molecule has 0 aromatic heterocycles. The number of nitriles is 1. The van der Waals surface area contributed by atoms with E-state index in [1.54, 1.807) is 25.3 Å². The van der Waals surface area contributed by atoms with Gasteiger partial charge >= 0.3 is 0 Å². The van der Waals surface area contributed by atoms with Gasteiger partial charge in [0.05, 0.1) is 20.3 Å². The highest BCUT2D eigenvalue weighted by Crippen LogP contribution is 2.26. The van der Waals surface area contributed by atoms with Crippen molar-refractivity contribution in [2.24, 2.45) is 0 Å². The number of benzene rings is 1. The van der Waals surface area contributed by atoms with Crippen LogP contribution in [-0.4, -0.2) is 39.4 Å². The Morgan fingerprint density at radius 1 is 1.48 bits per heavy atom. The van der Waals surface area contributed by atoms with Crippen LogP contribution in [0.15, 0.2) is 23.8 Å². The molecule has 1 aliphatic rings. The Kier molecular flexibility index (Phi) is 6.01. The number of nitrogens with zero attached hydrogens (tertiary/aromatic N) is 1. The summed E-state index contributed by atoms with van der Waals surface area (Å²) in [6.45, 7) is 1.13. The maximum Gasteiger partial charge on any atom is 0.262 e. The van der Waals surface area contributed by atoms with Crippen molar-refractivity contribution in [2.45, 2.75) is 18.9 Å². The first kappa shape index (κ1) is 16.8. The number of amides is 1. The highest BCUT2D eigenvalue weighted by atomic mass is 16.5. The second-order valence-electron chi connectivity index (χ2n) is 5.12. The van der Waals surface area contributed by atoms with Gasteiger partial charge in [0, 0.05) is 18.7 Å². The van der Waals surface area contributed by atoms with E-state index in [1.165, 1.54) is 13.2 Å². The van der Waals surface area contributed by atoms with E-state index in [9.17, 15) is 10.1 Å². The van der Waals surface area contributed by atoms with E-state index in [4.69, 9.17) is 14.2 Å². The van der Waals surface area contributed by atoms with Crippen LogP contribution >= 0.6 is 0 Å². The van der Waals surface area contributed by atoms with E-state index < -0.39 is 5.91 Å². The van der Waals surface area contributed by atoms with Crippen molar-refractivity contribution < 1.29 is 19.0 Å². The largest absolute Gasteiger partial charge is 0.497 e. The van der Waals surface area contributed by atoms with Gasteiger partial charge in [0.15, 0.2) is 0 Å². The molecule has 122 valence electrons. The molecule has 1 aromatic carbocycles. The topological polar surface area (TPSA) is 80.6 Å². The Bertz CT molecular complexity index is 628. The van der Waals surface area contributed by atoms with E-state index in [0.717, 1.165) is 19.4 Å². The molecule has 1 amide bonds. The molecule has 0 saturated carbocycles. The number of carbonyl (C=O) groups is 1. The molecule has 6 nitrogen and oxygen atoms in total. The van der Waals surface area contributed by atoms with Gasteiger partial charge in [-0.05, 0) is 37.1 Å². The van der Waals surface area contributed by atoms with Crippen LogP contribution < -0.4 is 14.8 Å². The lowest BCUT2D eigenvalue weighted by atomic mass is 10.1. The highest BCUT2D eigenvalue weighted by Gasteiger charge is 2.18. The van der Waals surface area contributed by atoms with Crippen molar-refractivity contribution in [2.75, 3.05) is 27.4 Å². The normalized spacial score (nSPS) is 17.4. The second-order valence-corrected chi connectivity index (χ2v) is 5.12. The van der Waals surface area contributed by atoms with Crippen molar-refractivity contribution >= 4 is 12.0 Å². The fraction of sp³-hybridized carbons (Fsp3) is 0.412. The van der Waals surface area contributed by atoms with Crippen LogP contribution in [0.2, 0.25) is 0 Å². The molecule has 0 aliphatic carbocycles. The molecule has 6 heteroatoms. The lowest BCUT2D eigenvalue weighted by Gasteiger charge is -2.11. The van der Waals surface area contributed by atoms with Gasteiger partial charge in [0.25, 0.3) is 5.91 Å². The Morgan fingerprint density at radius 2 is 2.30 bits per heavy atom. The van der Waals surface area contributed by atoms with Gasteiger partial charge in [-0.15, -0.1) is 0 Å². The Morgan fingerprint density at radius 3 is 2.91 bits per heavy atom. The van der Waals surface area contributed by atoms with Crippen LogP contribution in [0.3, 0.4) is 0 Å². The van der Waals surface area contributed by atoms with Gasteiger partial charge in [-0.3, -0.25) is 4.79 Å². The third-order valence-electron chi connectivity index (χ3n) is 3.62. The zero-order valence-corrected chi connectivity index (χ0v) is 13.3. The van der Waals surface area contributed by atoms with E-state index in [1.807, 2.05) is 6.07 Å². The first-order valence-corrected chi connectivity index (χ1v) is 7.41. The quantitative estimate of drug-likeness (QED) is 0.640. The number of methoxy groups -OCH3 is 2. The number of hydrogen-bond donors (Lipinski definition) is 1. The minimum absolute atomic E-state index is 0.00884. The molecule has 1 heterocycles. The zero-order chi connectivity index (χ0) is 16.7. The summed E-state index contributed by atoms with van der Waals surface area (Å²) in [5.74, 6) is 0.757. The number of rotatable bonds is 6.